The lowest BCUT2D eigenvalue weighted by molar-refractivity contribution is -0.163. The highest BCUT2D eigenvalue weighted by molar-refractivity contribution is 5.70. The van der Waals surface area contributed by atoms with Crippen LogP contribution in [0, 0.1) is 0 Å². The van der Waals surface area contributed by atoms with Gasteiger partial charge in [-0.2, -0.15) is 0 Å². The highest BCUT2D eigenvalue weighted by atomic mass is 16.6. The number of carbonyl (C=O) groups excluding carboxylic acids is 2. The molecule has 0 aliphatic carbocycles. The van der Waals surface area contributed by atoms with E-state index in [4.69, 9.17) is 14.2 Å². The first-order chi connectivity index (χ1) is 29.6. The van der Waals surface area contributed by atoms with Crippen LogP contribution in [0.15, 0.2) is 24.3 Å². The van der Waals surface area contributed by atoms with Crippen molar-refractivity contribution < 1.29 is 23.8 Å². The maximum atomic E-state index is 12.7. The van der Waals surface area contributed by atoms with Crippen LogP contribution in [0.25, 0.3) is 0 Å². The minimum Gasteiger partial charge on any atom is -0.462 e. The van der Waals surface area contributed by atoms with Crippen molar-refractivity contribution in [1.82, 2.24) is 0 Å². The van der Waals surface area contributed by atoms with Gasteiger partial charge in [-0.25, -0.2) is 0 Å². The number of hydrogen-bond donors (Lipinski definition) is 0. The van der Waals surface area contributed by atoms with Gasteiger partial charge in [0.25, 0.3) is 0 Å². The molecular formula is C55H104O5. The molecule has 1 atom stereocenters. The molecule has 0 heterocycles. The summed E-state index contributed by atoms with van der Waals surface area (Å²) in [5.41, 5.74) is 0. The molecule has 0 aromatic rings. The Morgan fingerprint density at radius 3 is 1.13 bits per heavy atom. The molecule has 0 bridgehead atoms. The second-order valence-electron chi connectivity index (χ2n) is 18.1. The Labute approximate surface area is 375 Å². The summed E-state index contributed by atoms with van der Waals surface area (Å²) in [5, 5.41) is 0. The Kier molecular flexibility index (Phi) is 50.3. The Hall–Kier alpha value is -1.62. The number of unbranched alkanes of at least 4 members (excludes halogenated alkanes) is 35. The lowest BCUT2D eigenvalue weighted by Crippen LogP contribution is -2.30. The molecule has 0 rings (SSSR count). The number of esters is 2. The summed E-state index contributed by atoms with van der Waals surface area (Å²) in [6.07, 6.45) is 60.5. The van der Waals surface area contributed by atoms with Gasteiger partial charge in [-0.15, -0.1) is 0 Å². The molecule has 354 valence electrons. The van der Waals surface area contributed by atoms with E-state index >= 15 is 0 Å². The molecule has 0 N–H and O–H groups in total. The smallest absolute Gasteiger partial charge is 0.306 e. The quantitative estimate of drug-likeness (QED) is 0.0347. The van der Waals surface area contributed by atoms with Crippen LogP contribution in [0.1, 0.15) is 290 Å². The van der Waals surface area contributed by atoms with Crippen LogP contribution in [-0.2, 0) is 23.8 Å². The van der Waals surface area contributed by atoms with Crippen molar-refractivity contribution in [2.75, 3.05) is 19.8 Å². The molecule has 0 saturated heterocycles. The number of allylic oxidation sites excluding steroid dienone is 4. The molecule has 0 radical (unpaired) electrons. The summed E-state index contributed by atoms with van der Waals surface area (Å²) >= 11 is 0. The fourth-order valence-corrected chi connectivity index (χ4v) is 7.95. The molecule has 0 saturated carbocycles. The third-order valence-corrected chi connectivity index (χ3v) is 12.0. The van der Waals surface area contributed by atoms with E-state index in [1.165, 1.54) is 205 Å². The van der Waals surface area contributed by atoms with Crippen LogP contribution in [0.5, 0.6) is 0 Å². The van der Waals surface area contributed by atoms with E-state index in [1.54, 1.807) is 0 Å². The molecule has 0 aromatic carbocycles. The van der Waals surface area contributed by atoms with Gasteiger partial charge in [0.05, 0.1) is 6.61 Å². The Morgan fingerprint density at radius 1 is 0.367 bits per heavy atom. The lowest BCUT2D eigenvalue weighted by atomic mass is 10.0. The Morgan fingerprint density at radius 2 is 0.700 bits per heavy atom. The molecule has 0 aliphatic rings. The van der Waals surface area contributed by atoms with Crippen molar-refractivity contribution in [3.05, 3.63) is 24.3 Å². The van der Waals surface area contributed by atoms with E-state index in [0.717, 1.165) is 51.4 Å². The molecule has 0 spiro atoms. The first-order valence-electron chi connectivity index (χ1n) is 26.9. The number of ether oxygens (including phenoxy) is 3. The molecular weight excluding hydrogens is 741 g/mol. The topological polar surface area (TPSA) is 61.8 Å². The largest absolute Gasteiger partial charge is 0.462 e. The van der Waals surface area contributed by atoms with E-state index in [9.17, 15) is 9.59 Å². The third kappa shape index (κ3) is 49.0. The fourth-order valence-electron chi connectivity index (χ4n) is 7.95. The number of hydrogen-bond acceptors (Lipinski definition) is 5. The van der Waals surface area contributed by atoms with Crippen molar-refractivity contribution in [2.24, 2.45) is 0 Å². The molecule has 0 amide bonds. The Bertz CT molecular complexity index is 913. The van der Waals surface area contributed by atoms with Gasteiger partial charge in [0, 0.05) is 19.4 Å². The minimum atomic E-state index is -0.533. The monoisotopic (exact) mass is 845 g/mol. The highest BCUT2D eigenvalue weighted by Gasteiger charge is 2.17. The van der Waals surface area contributed by atoms with Crippen LogP contribution < -0.4 is 0 Å². The zero-order valence-corrected chi connectivity index (χ0v) is 40.7. The van der Waals surface area contributed by atoms with Gasteiger partial charge >= 0.3 is 11.9 Å². The van der Waals surface area contributed by atoms with Gasteiger partial charge in [-0.3, -0.25) is 9.59 Å². The second kappa shape index (κ2) is 51.7. The first kappa shape index (κ1) is 58.4. The molecule has 60 heavy (non-hydrogen) atoms. The van der Waals surface area contributed by atoms with E-state index in [0.29, 0.717) is 26.1 Å². The van der Waals surface area contributed by atoms with Crippen LogP contribution in [0.3, 0.4) is 0 Å². The van der Waals surface area contributed by atoms with Crippen LogP contribution in [0.4, 0.5) is 0 Å². The number of rotatable bonds is 50. The summed E-state index contributed by atoms with van der Waals surface area (Å²) in [4.78, 5) is 25.3. The molecule has 0 aromatic heterocycles. The Balaban J connectivity index is 4.12. The van der Waals surface area contributed by atoms with Crippen molar-refractivity contribution in [1.29, 1.82) is 0 Å². The van der Waals surface area contributed by atoms with Crippen molar-refractivity contribution in [3.8, 4) is 0 Å². The van der Waals surface area contributed by atoms with Crippen molar-refractivity contribution in [2.45, 2.75) is 297 Å². The predicted molar refractivity (Wildman–Crippen MR) is 261 cm³/mol. The van der Waals surface area contributed by atoms with Crippen molar-refractivity contribution in [3.63, 3.8) is 0 Å². The number of carbonyl (C=O) groups is 2. The predicted octanol–water partition coefficient (Wildman–Crippen LogP) is 18.0. The van der Waals surface area contributed by atoms with Crippen LogP contribution in [-0.4, -0.2) is 37.9 Å². The van der Waals surface area contributed by atoms with Gasteiger partial charge in [-0.05, 0) is 51.4 Å². The third-order valence-electron chi connectivity index (χ3n) is 12.0. The fraction of sp³-hybridized carbons (Fsp3) is 0.891. The van der Waals surface area contributed by atoms with E-state index in [-0.39, 0.29) is 18.5 Å². The van der Waals surface area contributed by atoms with E-state index in [1.807, 2.05) is 0 Å². The zero-order valence-electron chi connectivity index (χ0n) is 40.7. The molecule has 1 unspecified atom stereocenters. The molecule has 0 fully saturated rings. The summed E-state index contributed by atoms with van der Waals surface area (Å²) in [6, 6.07) is 0. The summed E-state index contributed by atoms with van der Waals surface area (Å²) in [7, 11) is 0. The van der Waals surface area contributed by atoms with Gasteiger partial charge < -0.3 is 14.2 Å². The summed E-state index contributed by atoms with van der Waals surface area (Å²) in [5.74, 6) is -0.398. The average molecular weight is 845 g/mol. The standard InChI is InChI=1S/C55H104O5/c1-4-7-10-13-16-19-21-23-25-26-27-28-29-31-33-35-38-41-44-47-50-58-51-53(60-55(57)49-46-43-40-36-18-15-12-9-6-3)52-59-54(56)48-45-42-39-37-34-32-30-24-22-20-17-14-11-8-5-2/h17,20,24,30,53H,4-16,18-19,21-23,25-29,31-52H2,1-3H3/b20-17-,30-24-. The summed E-state index contributed by atoms with van der Waals surface area (Å²) < 4.78 is 17.4. The molecule has 0 aliphatic heterocycles. The second-order valence-corrected chi connectivity index (χ2v) is 18.1. The van der Waals surface area contributed by atoms with E-state index in [2.05, 4.69) is 45.1 Å². The zero-order chi connectivity index (χ0) is 43.5. The van der Waals surface area contributed by atoms with Crippen molar-refractivity contribution >= 4 is 11.9 Å². The first-order valence-corrected chi connectivity index (χ1v) is 26.9. The molecule has 5 nitrogen and oxygen atoms in total. The maximum Gasteiger partial charge on any atom is 0.306 e. The highest BCUT2D eigenvalue weighted by Crippen LogP contribution is 2.16. The normalized spacial score (nSPS) is 12.2. The van der Waals surface area contributed by atoms with Gasteiger partial charge in [0.2, 0.25) is 0 Å². The van der Waals surface area contributed by atoms with Crippen LogP contribution >= 0.6 is 0 Å². The maximum absolute atomic E-state index is 12.7. The van der Waals surface area contributed by atoms with Gasteiger partial charge in [0.15, 0.2) is 6.10 Å². The lowest BCUT2D eigenvalue weighted by Gasteiger charge is -2.18. The van der Waals surface area contributed by atoms with Gasteiger partial charge in [0.1, 0.15) is 6.61 Å². The van der Waals surface area contributed by atoms with E-state index < -0.39 is 6.10 Å². The van der Waals surface area contributed by atoms with Crippen LogP contribution in [0.2, 0.25) is 0 Å². The average Bonchev–Trinajstić information content (AvgIpc) is 3.25. The SMILES string of the molecule is CCCCC/C=C\C/C=C\CCCCCCCC(=O)OCC(COCCCCCCCCCCCCCCCCCCCCCC)OC(=O)CCCCCCCCCCC. The summed E-state index contributed by atoms with van der Waals surface area (Å²) in [6.45, 7) is 7.83. The van der Waals surface area contributed by atoms with Gasteiger partial charge in [-0.1, -0.05) is 251 Å². The minimum absolute atomic E-state index is 0.0852. The molecule has 5 heteroatoms.